The number of rotatable bonds is 2. The quantitative estimate of drug-likeness (QED) is 0.313. The predicted molar refractivity (Wildman–Crippen MR) is 62.8 cm³/mol. The predicted octanol–water partition coefficient (Wildman–Crippen LogP) is 0.632. The van der Waals surface area contributed by atoms with E-state index in [2.05, 4.69) is 4.90 Å². The summed E-state index contributed by atoms with van der Waals surface area (Å²) < 4.78 is 0. The summed E-state index contributed by atoms with van der Waals surface area (Å²) in [5, 5.41) is 17.4. The number of Topliss-reactive ketones (excluding diaryl/α,β-unsaturated/α-hetero) is 1. The molecule has 90 valence electrons. The second kappa shape index (κ2) is 5.12. The number of piperazine rings is 1. The number of amidine groups is 1. The van der Waals surface area contributed by atoms with E-state index in [1.807, 2.05) is 11.9 Å². The van der Waals surface area contributed by atoms with Crippen LogP contribution in [0.2, 0.25) is 0 Å². The zero-order valence-corrected chi connectivity index (χ0v) is 10.1. The first-order valence-corrected chi connectivity index (χ1v) is 5.36. The molecule has 0 radical (unpaired) electrons. The normalized spacial score (nSPS) is 19.3. The second-order valence-corrected chi connectivity index (χ2v) is 4.16. The maximum Gasteiger partial charge on any atom is 0.166 e. The largest absolute Gasteiger partial charge is 0.512 e. The summed E-state index contributed by atoms with van der Waals surface area (Å²) in [5.74, 6) is -0.194. The van der Waals surface area contributed by atoms with Crippen molar-refractivity contribution in [3.63, 3.8) is 0 Å². The number of carbonyl (C=O) groups excluding carboxylic acids is 1. The Hall–Kier alpha value is -1.36. The Morgan fingerprint density at radius 1 is 1.19 bits per heavy atom. The molecular formula is C11H19N3O2. The molecule has 16 heavy (non-hydrogen) atoms. The van der Waals surface area contributed by atoms with E-state index in [4.69, 9.17) is 5.41 Å². The van der Waals surface area contributed by atoms with Crippen LogP contribution >= 0.6 is 0 Å². The third-order valence-electron chi connectivity index (χ3n) is 2.77. The summed E-state index contributed by atoms with van der Waals surface area (Å²) in [6, 6.07) is 0. The molecule has 0 aliphatic carbocycles. The van der Waals surface area contributed by atoms with Crippen LogP contribution < -0.4 is 0 Å². The molecular weight excluding hydrogens is 206 g/mol. The average Bonchev–Trinajstić information content (AvgIpc) is 2.17. The number of hydrogen-bond donors (Lipinski definition) is 2. The van der Waals surface area contributed by atoms with E-state index in [-0.39, 0.29) is 23.0 Å². The Kier molecular flexibility index (Phi) is 4.06. The van der Waals surface area contributed by atoms with Gasteiger partial charge in [0.25, 0.3) is 0 Å². The van der Waals surface area contributed by atoms with Crippen molar-refractivity contribution < 1.29 is 9.90 Å². The summed E-state index contributed by atoms with van der Waals surface area (Å²) in [6.45, 7) is 6.01. The highest BCUT2D eigenvalue weighted by Gasteiger charge is 2.23. The fraction of sp³-hybridized carbons (Fsp3) is 0.636. The van der Waals surface area contributed by atoms with Crippen molar-refractivity contribution in [2.45, 2.75) is 13.8 Å². The van der Waals surface area contributed by atoms with Gasteiger partial charge >= 0.3 is 0 Å². The van der Waals surface area contributed by atoms with Gasteiger partial charge in [-0.05, 0) is 20.9 Å². The Bertz CT molecular complexity index is 324. The lowest BCUT2D eigenvalue weighted by atomic mass is 10.1. The number of ketones is 1. The van der Waals surface area contributed by atoms with E-state index in [9.17, 15) is 9.90 Å². The van der Waals surface area contributed by atoms with Gasteiger partial charge in [0.1, 0.15) is 11.6 Å². The number of nitrogens with one attached hydrogen (secondary N) is 1. The van der Waals surface area contributed by atoms with Crippen molar-refractivity contribution in [2.24, 2.45) is 0 Å². The highest BCUT2D eigenvalue weighted by molar-refractivity contribution is 6.19. The molecule has 1 saturated heterocycles. The van der Waals surface area contributed by atoms with Gasteiger partial charge in [0, 0.05) is 26.2 Å². The number of aliphatic hydroxyl groups excluding tert-OH is 1. The molecule has 0 aromatic rings. The maximum atomic E-state index is 11.3. The Labute approximate surface area is 95.9 Å². The van der Waals surface area contributed by atoms with E-state index < -0.39 is 0 Å². The van der Waals surface area contributed by atoms with E-state index in [1.54, 1.807) is 0 Å². The van der Waals surface area contributed by atoms with Gasteiger partial charge in [-0.15, -0.1) is 0 Å². The van der Waals surface area contributed by atoms with Crippen LogP contribution in [0.15, 0.2) is 11.3 Å². The minimum Gasteiger partial charge on any atom is -0.512 e. The molecule has 0 unspecified atom stereocenters. The Morgan fingerprint density at radius 3 is 2.06 bits per heavy atom. The summed E-state index contributed by atoms with van der Waals surface area (Å²) >= 11 is 0. The van der Waals surface area contributed by atoms with Crippen LogP contribution in [0, 0.1) is 5.41 Å². The van der Waals surface area contributed by atoms with Gasteiger partial charge in [0.2, 0.25) is 0 Å². The SMILES string of the molecule is CC(=O)/C(C(=N)N1CCN(C)CC1)=C(\C)O. The van der Waals surface area contributed by atoms with Crippen LogP contribution in [0.1, 0.15) is 13.8 Å². The molecule has 1 fully saturated rings. The van der Waals surface area contributed by atoms with Crippen LogP contribution in [-0.2, 0) is 4.79 Å². The molecule has 0 bridgehead atoms. The summed E-state index contributed by atoms with van der Waals surface area (Å²) in [7, 11) is 2.03. The molecule has 1 aliphatic rings. The number of allylic oxidation sites excluding steroid dienone is 1. The number of nitrogens with zero attached hydrogens (tertiary/aromatic N) is 2. The van der Waals surface area contributed by atoms with Gasteiger partial charge in [-0.1, -0.05) is 0 Å². The van der Waals surface area contributed by atoms with Crippen molar-refractivity contribution in [2.75, 3.05) is 33.2 Å². The lowest BCUT2D eigenvalue weighted by Crippen LogP contribution is -2.48. The standard InChI is InChI=1S/C11H19N3O2/c1-8(15)10(9(2)16)11(12)14-6-4-13(3)5-7-14/h12,15H,4-7H2,1-3H3/b10-8-,12-11?. The first-order valence-electron chi connectivity index (χ1n) is 5.36. The Morgan fingerprint density at radius 2 is 1.69 bits per heavy atom. The van der Waals surface area contributed by atoms with E-state index >= 15 is 0 Å². The maximum absolute atomic E-state index is 11.3. The van der Waals surface area contributed by atoms with Gasteiger partial charge in [-0.3, -0.25) is 10.2 Å². The number of likely N-dealkylation sites (N-methyl/N-ethyl adjacent to an activating group) is 1. The fourth-order valence-corrected chi connectivity index (χ4v) is 1.78. The van der Waals surface area contributed by atoms with Crippen LogP contribution in [0.5, 0.6) is 0 Å². The summed E-state index contributed by atoms with van der Waals surface area (Å²) in [6.07, 6.45) is 0. The molecule has 2 N–H and O–H groups in total. The summed E-state index contributed by atoms with van der Waals surface area (Å²) in [5.41, 5.74) is 0.129. The van der Waals surface area contributed by atoms with E-state index in [0.29, 0.717) is 0 Å². The van der Waals surface area contributed by atoms with Crippen LogP contribution in [0.3, 0.4) is 0 Å². The summed E-state index contributed by atoms with van der Waals surface area (Å²) in [4.78, 5) is 15.3. The molecule has 0 atom stereocenters. The number of hydrogen-bond acceptors (Lipinski definition) is 4. The van der Waals surface area contributed by atoms with Gasteiger partial charge < -0.3 is 14.9 Å². The lowest BCUT2D eigenvalue weighted by Gasteiger charge is -2.34. The van der Waals surface area contributed by atoms with Crippen LogP contribution in [0.25, 0.3) is 0 Å². The molecule has 0 saturated carbocycles. The first kappa shape index (κ1) is 12.7. The molecule has 1 heterocycles. The molecule has 5 nitrogen and oxygen atoms in total. The van der Waals surface area contributed by atoms with Gasteiger partial charge in [-0.25, -0.2) is 0 Å². The van der Waals surface area contributed by atoms with Crippen molar-refractivity contribution in [1.82, 2.24) is 9.80 Å². The molecule has 1 rings (SSSR count). The van der Waals surface area contributed by atoms with Gasteiger partial charge in [0.05, 0.1) is 5.57 Å². The minimum absolute atomic E-state index is 0.0728. The lowest BCUT2D eigenvalue weighted by molar-refractivity contribution is -0.113. The second-order valence-electron chi connectivity index (χ2n) is 4.16. The minimum atomic E-state index is -0.260. The number of carbonyl (C=O) groups is 1. The van der Waals surface area contributed by atoms with Crippen LogP contribution in [0.4, 0.5) is 0 Å². The zero-order chi connectivity index (χ0) is 12.3. The van der Waals surface area contributed by atoms with Crippen molar-refractivity contribution in [1.29, 1.82) is 5.41 Å². The molecule has 0 amide bonds. The fourth-order valence-electron chi connectivity index (χ4n) is 1.78. The van der Waals surface area contributed by atoms with E-state index in [0.717, 1.165) is 26.2 Å². The highest BCUT2D eigenvalue weighted by Crippen LogP contribution is 2.10. The molecule has 1 aliphatic heterocycles. The van der Waals surface area contributed by atoms with Gasteiger partial charge in [0.15, 0.2) is 5.78 Å². The first-order chi connectivity index (χ1) is 7.43. The molecule has 0 aromatic heterocycles. The molecule has 0 spiro atoms. The topological polar surface area (TPSA) is 67.6 Å². The van der Waals surface area contributed by atoms with Crippen molar-refractivity contribution in [3.05, 3.63) is 11.3 Å². The van der Waals surface area contributed by atoms with E-state index in [1.165, 1.54) is 13.8 Å². The van der Waals surface area contributed by atoms with Crippen molar-refractivity contribution in [3.8, 4) is 0 Å². The molecule has 5 heteroatoms. The van der Waals surface area contributed by atoms with Crippen LogP contribution in [-0.4, -0.2) is 59.8 Å². The smallest absolute Gasteiger partial charge is 0.166 e. The Balaban J connectivity index is 2.77. The highest BCUT2D eigenvalue weighted by atomic mass is 16.3. The number of aliphatic hydroxyl groups is 1. The monoisotopic (exact) mass is 225 g/mol. The zero-order valence-electron chi connectivity index (χ0n) is 10.1. The van der Waals surface area contributed by atoms with Gasteiger partial charge in [-0.2, -0.15) is 0 Å². The third-order valence-corrected chi connectivity index (χ3v) is 2.77. The molecule has 0 aromatic carbocycles. The average molecular weight is 225 g/mol. The van der Waals surface area contributed by atoms with Crippen molar-refractivity contribution >= 4 is 11.6 Å². The third kappa shape index (κ3) is 2.82.